The molecule has 0 aromatic carbocycles. The van der Waals surface area contributed by atoms with Gasteiger partial charge in [-0.15, -0.1) is 11.3 Å². The van der Waals surface area contributed by atoms with Crippen molar-refractivity contribution in [1.29, 1.82) is 0 Å². The minimum Gasteiger partial charge on any atom is -0.314 e. The average molecular weight is 266 g/mol. The van der Waals surface area contributed by atoms with Gasteiger partial charge in [-0.2, -0.15) is 0 Å². The third-order valence-electron chi connectivity index (χ3n) is 3.70. The predicted octanol–water partition coefficient (Wildman–Crippen LogP) is 3.76. The Morgan fingerprint density at radius 3 is 2.67 bits per heavy atom. The summed E-state index contributed by atoms with van der Waals surface area (Å²) in [4.78, 5) is 4.77. The van der Waals surface area contributed by atoms with Gasteiger partial charge in [-0.1, -0.05) is 34.1 Å². The molecule has 1 aromatic heterocycles. The van der Waals surface area contributed by atoms with E-state index in [9.17, 15) is 0 Å². The lowest BCUT2D eigenvalue weighted by Gasteiger charge is -2.27. The standard InChI is InChI=1S/C15H26N2S/c1-11(9-16-12-6-5-7-12)8-14-17-13(10-18-14)15(2,3)4/h10-12,16H,5-9H2,1-4H3. The highest BCUT2D eigenvalue weighted by atomic mass is 32.1. The second kappa shape index (κ2) is 5.70. The second-order valence-corrected chi connectivity index (χ2v) is 7.66. The van der Waals surface area contributed by atoms with Crippen LogP contribution in [0.15, 0.2) is 5.38 Å². The van der Waals surface area contributed by atoms with Crippen LogP contribution in [0.2, 0.25) is 0 Å². The lowest BCUT2D eigenvalue weighted by Crippen LogP contribution is -2.38. The first-order valence-electron chi connectivity index (χ1n) is 7.13. The van der Waals surface area contributed by atoms with E-state index in [1.165, 1.54) is 30.0 Å². The van der Waals surface area contributed by atoms with Crippen LogP contribution in [0.5, 0.6) is 0 Å². The Labute approximate surface area is 115 Å². The quantitative estimate of drug-likeness (QED) is 0.877. The van der Waals surface area contributed by atoms with Crippen LogP contribution in [0, 0.1) is 5.92 Å². The molecule has 1 N–H and O–H groups in total. The van der Waals surface area contributed by atoms with Gasteiger partial charge >= 0.3 is 0 Å². The number of hydrogen-bond donors (Lipinski definition) is 1. The molecule has 0 saturated heterocycles. The molecule has 1 aliphatic rings. The topological polar surface area (TPSA) is 24.9 Å². The molecule has 0 aliphatic heterocycles. The zero-order valence-electron chi connectivity index (χ0n) is 12.1. The van der Waals surface area contributed by atoms with Gasteiger partial charge in [-0.05, 0) is 25.3 Å². The van der Waals surface area contributed by atoms with Crippen molar-refractivity contribution >= 4 is 11.3 Å². The molecule has 1 fully saturated rings. The van der Waals surface area contributed by atoms with Crippen LogP contribution in [0.4, 0.5) is 0 Å². The molecule has 102 valence electrons. The Hall–Kier alpha value is -0.410. The van der Waals surface area contributed by atoms with Crippen molar-refractivity contribution in [2.24, 2.45) is 5.92 Å². The monoisotopic (exact) mass is 266 g/mol. The third-order valence-corrected chi connectivity index (χ3v) is 4.57. The van der Waals surface area contributed by atoms with Crippen molar-refractivity contribution in [2.75, 3.05) is 6.54 Å². The van der Waals surface area contributed by atoms with Gasteiger partial charge in [-0.3, -0.25) is 0 Å². The minimum absolute atomic E-state index is 0.183. The van der Waals surface area contributed by atoms with Crippen molar-refractivity contribution in [2.45, 2.75) is 64.8 Å². The molecule has 18 heavy (non-hydrogen) atoms. The van der Waals surface area contributed by atoms with Gasteiger partial charge in [-0.25, -0.2) is 4.98 Å². The third kappa shape index (κ3) is 3.79. The number of nitrogens with zero attached hydrogens (tertiary/aromatic N) is 1. The minimum atomic E-state index is 0.183. The van der Waals surface area contributed by atoms with E-state index in [2.05, 4.69) is 38.4 Å². The highest BCUT2D eigenvalue weighted by molar-refractivity contribution is 7.09. The maximum absolute atomic E-state index is 4.77. The molecule has 0 radical (unpaired) electrons. The van der Waals surface area contributed by atoms with Gasteiger partial charge in [0.2, 0.25) is 0 Å². The second-order valence-electron chi connectivity index (χ2n) is 6.72. The predicted molar refractivity (Wildman–Crippen MR) is 79.3 cm³/mol. The van der Waals surface area contributed by atoms with Crippen molar-refractivity contribution in [3.05, 3.63) is 16.1 Å². The first kappa shape index (κ1) is 14.0. The fraction of sp³-hybridized carbons (Fsp3) is 0.800. The molecule has 2 nitrogen and oxygen atoms in total. The lowest BCUT2D eigenvalue weighted by atomic mass is 9.92. The van der Waals surface area contributed by atoms with Crippen LogP contribution >= 0.6 is 11.3 Å². The Kier molecular flexibility index (Phi) is 4.44. The van der Waals surface area contributed by atoms with Gasteiger partial charge in [0.15, 0.2) is 0 Å². The van der Waals surface area contributed by atoms with Crippen molar-refractivity contribution in [3.63, 3.8) is 0 Å². The molecule has 1 unspecified atom stereocenters. The van der Waals surface area contributed by atoms with Gasteiger partial charge in [0, 0.05) is 23.3 Å². The van der Waals surface area contributed by atoms with Crippen molar-refractivity contribution in [3.8, 4) is 0 Å². The van der Waals surface area contributed by atoms with Crippen LogP contribution in [-0.4, -0.2) is 17.6 Å². The van der Waals surface area contributed by atoms with E-state index >= 15 is 0 Å². The lowest BCUT2D eigenvalue weighted by molar-refractivity contribution is 0.320. The van der Waals surface area contributed by atoms with Gasteiger partial charge < -0.3 is 5.32 Å². The molecule has 3 heteroatoms. The van der Waals surface area contributed by atoms with E-state index in [0.717, 1.165) is 19.0 Å². The molecule has 1 aromatic rings. The molecule has 0 spiro atoms. The molecule has 2 rings (SSSR count). The van der Waals surface area contributed by atoms with E-state index in [1.807, 2.05) is 11.3 Å². The van der Waals surface area contributed by atoms with Crippen molar-refractivity contribution < 1.29 is 0 Å². The fourth-order valence-electron chi connectivity index (χ4n) is 2.10. The van der Waals surface area contributed by atoms with E-state index in [-0.39, 0.29) is 5.41 Å². The summed E-state index contributed by atoms with van der Waals surface area (Å²) in [7, 11) is 0. The maximum atomic E-state index is 4.77. The maximum Gasteiger partial charge on any atom is 0.0931 e. The summed E-state index contributed by atoms with van der Waals surface area (Å²) in [5, 5.41) is 7.17. The number of hydrogen-bond acceptors (Lipinski definition) is 3. The first-order chi connectivity index (χ1) is 8.45. The SMILES string of the molecule is CC(CNC1CCC1)Cc1nc(C(C)(C)C)cs1. The summed E-state index contributed by atoms with van der Waals surface area (Å²) < 4.78 is 0. The van der Waals surface area contributed by atoms with E-state index in [0.29, 0.717) is 5.92 Å². The highest BCUT2D eigenvalue weighted by Crippen LogP contribution is 2.25. The summed E-state index contributed by atoms with van der Waals surface area (Å²) in [6, 6.07) is 0.800. The zero-order chi connectivity index (χ0) is 13.2. The largest absolute Gasteiger partial charge is 0.314 e. The van der Waals surface area contributed by atoms with Crippen LogP contribution in [-0.2, 0) is 11.8 Å². The van der Waals surface area contributed by atoms with Crippen molar-refractivity contribution in [1.82, 2.24) is 10.3 Å². The molecule has 1 atom stereocenters. The van der Waals surface area contributed by atoms with Gasteiger partial charge in [0.25, 0.3) is 0 Å². The van der Waals surface area contributed by atoms with Gasteiger partial charge in [0.05, 0.1) is 10.7 Å². The molecular formula is C15H26N2S. The Balaban J connectivity index is 1.79. The van der Waals surface area contributed by atoms with E-state index < -0.39 is 0 Å². The molecule has 1 heterocycles. The molecule has 1 aliphatic carbocycles. The summed E-state index contributed by atoms with van der Waals surface area (Å²) in [5.74, 6) is 0.685. The smallest absolute Gasteiger partial charge is 0.0931 e. The Bertz CT molecular complexity index is 374. The van der Waals surface area contributed by atoms with Gasteiger partial charge in [0.1, 0.15) is 0 Å². The normalized spacial score (nSPS) is 18.7. The molecular weight excluding hydrogens is 240 g/mol. The number of aromatic nitrogens is 1. The zero-order valence-corrected chi connectivity index (χ0v) is 12.9. The number of nitrogens with one attached hydrogen (secondary N) is 1. The molecule has 0 bridgehead atoms. The van der Waals surface area contributed by atoms with E-state index in [4.69, 9.17) is 4.98 Å². The van der Waals surface area contributed by atoms with Crippen LogP contribution in [0.3, 0.4) is 0 Å². The van der Waals surface area contributed by atoms with E-state index in [1.54, 1.807) is 0 Å². The summed E-state index contributed by atoms with van der Waals surface area (Å²) >= 11 is 1.82. The molecule has 1 saturated carbocycles. The summed E-state index contributed by atoms with van der Waals surface area (Å²) in [6.07, 6.45) is 5.27. The van der Waals surface area contributed by atoms with Crippen LogP contribution in [0.1, 0.15) is 57.7 Å². The number of thiazole rings is 1. The first-order valence-corrected chi connectivity index (χ1v) is 8.01. The highest BCUT2D eigenvalue weighted by Gasteiger charge is 2.19. The molecule has 0 amide bonds. The van der Waals surface area contributed by atoms with Crippen LogP contribution < -0.4 is 5.32 Å². The Morgan fingerprint density at radius 2 is 2.17 bits per heavy atom. The fourth-order valence-corrected chi connectivity index (χ4v) is 3.29. The summed E-state index contributed by atoms with van der Waals surface area (Å²) in [6.45, 7) is 10.1. The Morgan fingerprint density at radius 1 is 1.44 bits per heavy atom. The van der Waals surface area contributed by atoms with Crippen LogP contribution in [0.25, 0.3) is 0 Å². The average Bonchev–Trinajstić information content (AvgIpc) is 2.63. The summed E-state index contributed by atoms with van der Waals surface area (Å²) in [5.41, 5.74) is 1.42. The number of rotatable bonds is 5.